The van der Waals surface area contributed by atoms with Crippen LogP contribution in [0.15, 0.2) is 23.1 Å². The molecule has 1 aliphatic rings. The minimum absolute atomic E-state index is 0.00678. The van der Waals surface area contributed by atoms with E-state index in [0.29, 0.717) is 24.3 Å². The van der Waals surface area contributed by atoms with E-state index in [1.54, 1.807) is 17.0 Å². The van der Waals surface area contributed by atoms with Gasteiger partial charge in [0.25, 0.3) is 0 Å². The van der Waals surface area contributed by atoms with E-state index in [-0.39, 0.29) is 24.0 Å². The van der Waals surface area contributed by atoms with Crippen molar-refractivity contribution in [2.75, 3.05) is 17.2 Å². The van der Waals surface area contributed by atoms with Crippen molar-refractivity contribution in [2.24, 2.45) is 5.73 Å². The van der Waals surface area contributed by atoms with Gasteiger partial charge in [-0.25, -0.2) is 0 Å². The molecule has 6 heteroatoms. The van der Waals surface area contributed by atoms with Gasteiger partial charge in [0.1, 0.15) is 0 Å². The molecule has 0 bridgehead atoms. The molecule has 1 aromatic rings. The Balaban J connectivity index is 2.24. The number of thioether (sulfide) groups is 1. The summed E-state index contributed by atoms with van der Waals surface area (Å²) >= 11 is 1.47. The molecule has 1 aromatic carbocycles. The van der Waals surface area contributed by atoms with Crippen LogP contribution in [0.5, 0.6) is 0 Å². The molecule has 0 atom stereocenters. The van der Waals surface area contributed by atoms with E-state index in [4.69, 9.17) is 5.73 Å². The molecule has 2 amide bonds. The van der Waals surface area contributed by atoms with Crippen molar-refractivity contribution in [1.82, 2.24) is 0 Å². The van der Waals surface area contributed by atoms with Gasteiger partial charge in [-0.3, -0.25) is 14.4 Å². The number of carbonyl (C=O) groups excluding carboxylic acids is 3. The van der Waals surface area contributed by atoms with Crippen LogP contribution in [-0.2, 0) is 9.59 Å². The van der Waals surface area contributed by atoms with Crippen LogP contribution in [0.1, 0.15) is 30.1 Å². The Labute approximate surface area is 121 Å². The Hall–Kier alpha value is -1.82. The highest BCUT2D eigenvalue weighted by molar-refractivity contribution is 8.00. The highest BCUT2D eigenvalue weighted by atomic mass is 32.2. The molecule has 106 valence electrons. The van der Waals surface area contributed by atoms with E-state index >= 15 is 0 Å². The molecule has 2 N–H and O–H groups in total. The van der Waals surface area contributed by atoms with Crippen LogP contribution in [0.3, 0.4) is 0 Å². The molecule has 1 aliphatic heterocycles. The van der Waals surface area contributed by atoms with Crippen LogP contribution in [0, 0.1) is 0 Å². The van der Waals surface area contributed by atoms with Gasteiger partial charge in [0.2, 0.25) is 11.8 Å². The number of primary amides is 1. The first-order valence-electron chi connectivity index (χ1n) is 6.35. The normalized spacial score (nSPS) is 14.1. The fourth-order valence-electron chi connectivity index (χ4n) is 2.08. The molecular weight excluding hydrogens is 276 g/mol. The summed E-state index contributed by atoms with van der Waals surface area (Å²) in [6, 6.07) is 5.38. The fourth-order valence-corrected chi connectivity index (χ4v) is 2.99. The Morgan fingerprint density at radius 3 is 2.80 bits per heavy atom. The zero-order chi connectivity index (χ0) is 14.7. The van der Waals surface area contributed by atoms with E-state index in [0.717, 1.165) is 10.6 Å². The van der Waals surface area contributed by atoms with E-state index in [9.17, 15) is 14.4 Å². The van der Waals surface area contributed by atoms with E-state index in [1.807, 2.05) is 6.07 Å². The molecule has 20 heavy (non-hydrogen) atoms. The number of benzene rings is 1. The Bertz CT molecular complexity index is 572. The molecule has 0 unspecified atom stereocenters. The quantitative estimate of drug-likeness (QED) is 0.836. The first kappa shape index (κ1) is 14.6. The number of rotatable bonds is 5. The van der Waals surface area contributed by atoms with Crippen molar-refractivity contribution in [3.8, 4) is 0 Å². The first-order valence-corrected chi connectivity index (χ1v) is 7.34. The van der Waals surface area contributed by atoms with Gasteiger partial charge < -0.3 is 10.6 Å². The maximum atomic E-state index is 12.0. The van der Waals surface area contributed by atoms with Crippen LogP contribution in [0.2, 0.25) is 0 Å². The van der Waals surface area contributed by atoms with Gasteiger partial charge in [-0.05, 0) is 25.5 Å². The molecule has 0 radical (unpaired) electrons. The van der Waals surface area contributed by atoms with E-state index < -0.39 is 0 Å². The Kier molecular flexibility index (Phi) is 4.44. The summed E-state index contributed by atoms with van der Waals surface area (Å²) in [5, 5.41) is 0. The molecule has 0 spiro atoms. The summed E-state index contributed by atoms with van der Waals surface area (Å²) in [4.78, 5) is 36.9. The van der Waals surface area contributed by atoms with Crippen molar-refractivity contribution in [3.63, 3.8) is 0 Å². The van der Waals surface area contributed by atoms with Crippen molar-refractivity contribution in [3.05, 3.63) is 23.8 Å². The van der Waals surface area contributed by atoms with Gasteiger partial charge in [-0.2, -0.15) is 0 Å². The highest BCUT2D eigenvalue weighted by Gasteiger charge is 2.25. The number of nitrogens with zero attached hydrogens (tertiary/aromatic N) is 1. The molecule has 0 saturated heterocycles. The zero-order valence-corrected chi connectivity index (χ0v) is 12.0. The number of Topliss-reactive ketones (excluding diaryl/α,β-unsaturated/α-hetero) is 1. The van der Waals surface area contributed by atoms with Gasteiger partial charge >= 0.3 is 0 Å². The highest BCUT2D eigenvalue weighted by Crippen LogP contribution is 2.36. The van der Waals surface area contributed by atoms with Crippen LogP contribution < -0.4 is 10.6 Å². The summed E-state index contributed by atoms with van der Waals surface area (Å²) in [7, 11) is 0. The standard InChI is InChI=1S/C14H16N2O3S/c1-9(17)10-4-5-12-11(7-10)16(14(19)8-20-12)6-2-3-13(15)18/h4-5,7H,2-3,6,8H2,1H3,(H2,15,18). The van der Waals surface area contributed by atoms with Gasteiger partial charge in [0, 0.05) is 23.4 Å². The molecule has 5 nitrogen and oxygen atoms in total. The first-order chi connectivity index (χ1) is 9.49. The zero-order valence-electron chi connectivity index (χ0n) is 11.2. The smallest absolute Gasteiger partial charge is 0.237 e. The van der Waals surface area contributed by atoms with E-state index in [2.05, 4.69) is 0 Å². The molecule has 0 saturated carbocycles. The van der Waals surface area contributed by atoms with Crippen LogP contribution in [0.25, 0.3) is 0 Å². The fraction of sp³-hybridized carbons (Fsp3) is 0.357. The second kappa shape index (κ2) is 6.09. The Morgan fingerprint density at radius 1 is 1.40 bits per heavy atom. The molecular formula is C14H16N2O3S. The summed E-state index contributed by atoms with van der Waals surface area (Å²) in [5.74, 6) is -0.0367. The van der Waals surface area contributed by atoms with Gasteiger partial charge in [-0.1, -0.05) is 6.07 Å². The Morgan fingerprint density at radius 2 is 2.15 bits per heavy atom. The third kappa shape index (κ3) is 3.19. The number of nitrogens with two attached hydrogens (primary N) is 1. The minimum Gasteiger partial charge on any atom is -0.370 e. The SMILES string of the molecule is CC(=O)c1ccc2c(c1)N(CCCC(N)=O)C(=O)CS2. The van der Waals surface area contributed by atoms with Gasteiger partial charge in [0.05, 0.1) is 11.4 Å². The summed E-state index contributed by atoms with van der Waals surface area (Å²) in [6.07, 6.45) is 0.772. The lowest BCUT2D eigenvalue weighted by Gasteiger charge is -2.29. The third-order valence-electron chi connectivity index (χ3n) is 3.11. The van der Waals surface area contributed by atoms with Gasteiger partial charge in [-0.15, -0.1) is 11.8 Å². The number of hydrogen-bond donors (Lipinski definition) is 1. The average Bonchev–Trinajstić information content (AvgIpc) is 2.40. The lowest BCUT2D eigenvalue weighted by atomic mass is 10.1. The molecule has 0 fully saturated rings. The third-order valence-corrected chi connectivity index (χ3v) is 4.16. The number of ketones is 1. The second-order valence-electron chi connectivity index (χ2n) is 4.64. The topological polar surface area (TPSA) is 80.5 Å². The number of anilines is 1. The van der Waals surface area contributed by atoms with Crippen molar-refractivity contribution in [1.29, 1.82) is 0 Å². The summed E-state index contributed by atoms with van der Waals surface area (Å²) in [6.45, 7) is 1.94. The lowest BCUT2D eigenvalue weighted by molar-refractivity contribution is -0.119. The lowest BCUT2D eigenvalue weighted by Crippen LogP contribution is -2.36. The summed E-state index contributed by atoms with van der Waals surface area (Å²) in [5.41, 5.74) is 6.45. The van der Waals surface area contributed by atoms with Crippen LogP contribution in [-0.4, -0.2) is 29.9 Å². The van der Waals surface area contributed by atoms with Crippen LogP contribution in [0.4, 0.5) is 5.69 Å². The number of hydrogen-bond acceptors (Lipinski definition) is 4. The predicted octanol–water partition coefficient (Wildman–Crippen LogP) is 1.59. The van der Waals surface area contributed by atoms with Crippen molar-refractivity contribution < 1.29 is 14.4 Å². The van der Waals surface area contributed by atoms with Crippen LogP contribution >= 0.6 is 11.8 Å². The monoisotopic (exact) mass is 292 g/mol. The number of amides is 2. The number of fused-ring (bicyclic) bond motifs is 1. The maximum Gasteiger partial charge on any atom is 0.237 e. The molecule has 0 aromatic heterocycles. The second-order valence-corrected chi connectivity index (χ2v) is 5.66. The van der Waals surface area contributed by atoms with Crippen molar-refractivity contribution >= 4 is 35.0 Å². The van der Waals surface area contributed by atoms with E-state index in [1.165, 1.54) is 18.7 Å². The molecule has 0 aliphatic carbocycles. The predicted molar refractivity (Wildman–Crippen MR) is 78.0 cm³/mol. The number of carbonyl (C=O) groups is 3. The summed E-state index contributed by atoms with van der Waals surface area (Å²) < 4.78 is 0. The minimum atomic E-state index is -0.374. The molecule has 2 rings (SSSR count). The largest absolute Gasteiger partial charge is 0.370 e. The van der Waals surface area contributed by atoms with Crippen molar-refractivity contribution in [2.45, 2.75) is 24.7 Å². The molecule has 1 heterocycles. The van der Waals surface area contributed by atoms with Gasteiger partial charge in [0.15, 0.2) is 5.78 Å². The maximum absolute atomic E-state index is 12.0. The average molecular weight is 292 g/mol.